The fourth-order valence-corrected chi connectivity index (χ4v) is 6.38. The van der Waals surface area contributed by atoms with Gasteiger partial charge in [0.05, 0.1) is 24.7 Å². The van der Waals surface area contributed by atoms with E-state index in [-0.39, 0.29) is 11.7 Å². The first kappa shape index (κ1) is 28.1. The van der Waals surface area contributed by atoms with Crippen LogP contribution in [0.25, 0.3) is 0 Å². The van der Waals surface area contributed by atoms with E-state index in [4.69, 9.17) is 14.2 Å². The Balaban J connectivity index is 1.57. The van der Waals surface area contributed by atoms with Crippen molar-refractivity contribution >= 4 is 37.8 Å². The fourth-order valence-electron chi connectivity index (χ4n) is 5.16. The van der Waals surface area contributed by atoms with Crippen molar-refractivity contribution in [3.05, 3.63) is 116 Å². The van der Waals surface area contributed by atoms with Gasteiger partial charge in [0, 0.05) is 22.1 Å². The number of ether oxygens (including phenoxy) is 3. The summed E-state index contributed by atoms with van der Waals surface area (Å²) >= 11 is 7.44. The van der Waals surface area contributed by atoms with E-state index in [1.807, 2.05) is 77.7 Å². The van der Waals surface area contributed by atoms with Crippen molar-refractivity contribution in [2.24, 2.45) is 0 Å². The number of carbonyl (C=O) groups is 1. The van der Waals surface area contributed by atoms with E-state index in [9.17, 15) is 9.90 Å². The zero-order valence-electron chi connectivity index (χ0n) is 22.2. The summed E-state index contributed by atoms with van der Waals surface area (Å²) in [6.07, 6.45) is 1.02. The van der Waals surface area contributed by atoms with E-state index in [0.717, 1.165) is 25.6 Å². The number of benzene rings is 4. The quantitative estimate of drug-likeness (QED) is 0.211. The summed E-state index contributed by atoms with van der Waals surface area (Å²) in [4.78, 5) is 15.7. The third-order valence-electron chi connectivity index (χ3n) is 7.17. The van der Waals surface area contributed by atoms with E-state index in [2.05, 4.69) is 31.9 Å². The number of methoxy groups -OCH3 is 2. The third kappa shape index (κ3) is 5.56. The van der Waals surface area contributed by atoms with Gasteiger partial charge < -0.3 is 24.2 Å². The molecule has 0 saturated heterocycles. The number of aromatic hydroxyl groups is 1. The SMILES string of the molecule is COc1cc(Br)c2c(c1O)C(Cc1ccc(OC)c(OCc3ccccc3)c1Br)N(C(=O)c1ccccc1)CC2. The van der Waals surface area contributed by atoms with Gasteiger partial charge in [-0.3, -0.25) is 4.79 Å². The molecule has 0 spiro atoms. The van der Waals surface area contributed by atoms with Gasteiger partial charge in [0.25, 0.3) is 5.91 Å². The van der Waals surface area contributed by atoms with Crippen molar-refractivity contribution in [1.82, 2.24) is 4.90 Å². The monoisotopic (exact) mass is 665 g/mol. The summed E-state index contributed by atoms with van der Waals surface area (Å²) in [7, 11) is 3.13. The molecular weight excluding hydrogens is 638 g/mol. The standard InChI is InChI=1S/C32H29Br2NO5/c1-38-26-14-13-22(29(34)31(26)40-19-20-9-5-3-6-10-20)17-25-28-23(24(33)18-27(39-2)30(28)36)15-16-35(25)32(37)21-11-7-4-8-12-21/h3-14,18,25,36H,15-17,19H2,1-2H3. The highest BCUT2D eigenvalue weighted by atomic mass is 79.9. The van der Waals surface area contributed by atoms with Crippen molar-refractivity contribution in [2.45, 2.75) is 25.5 Å². The van der Waals surface area contributed by atoms with Crippen molar-refractivity contribution in [3.8, 4) is 23.0 Å². The van der Waals surface area contributed by atoms with Crippen molar-refractivity contribution in [1.29, 1.82) is 0 Å². The molecule has 1 amide bonds. The Bertz CT molecular complexity index is 1510. The molecular formula is C32H29Br2NO5. The molecule has 1 aliphatic rings. The highest BCUT2D eigenvalue weighted by molar-refractivity contribution is 9.11. The number of fused-ring (bicyclic) bond motifs is 1. The number of hydrogen-bond acceptors (Lipinski definition) is 5. The van der Waals surface area contributed by atoms with Crippen LogP contribution < -0.4 is 14.2 Å². The van der Waals surface area contributed by atoms with Gasteiger partial charge in [-0.1, -0.05) is 70.5 Å². The molecule has 1 aliphatic heterocycles. The molecule has 6 nitrogen and oxygen atoms in total. The second-order valence-corrected chi connectivity index (χ2v) is 11.1. The number of nitrogens with zero attached hydrogens (tertiary/aromatic N) is 1. The topological polar surface area (TPSA) is 68.2 Å². The normalized spacial score (nSPS) is 14.4. The Hall–Kier alpha value is -3.49. The number of phenols is 1. The molecule has 1 atom stereocenters. The lowest BCUT2D eigenvalue weighted by molar-refractivity contribution is 0.0656. The number of amides is 1. The van der Waals surface area contributed by atoms with Crippen LogP contribution in [-0.4, -0.2) is 36.7 Å². The molecule has 4 aromatic carbocycles. The second kappa shape index (κ2) is 12.4. The predicted octanol–water partition coefficient (Wildman–Crippen LogP) is 7.50. The van der Waals surface area contributed by atoms with Gasteiger partial charge in [-0.2, -0.15) is 0 Å². The average Bonchev–Trinajstić information content (AvgIpc) is 2.99. The zero-order chi connectivity index (χ0) is 28.2. The summed E-state index contributed by atoms with van der Waals surface area (Å²) < 4.78 is 18.9. The van der Waals surface area contributed by atoms with Gasteiger partial charge in [-0.25, -0.2) is 0 Å². The lowest BCUT2D eigenvalue weighted by Gasteiger charge is -2.39. The van der Waals surface area contributed by atoms with Gasteiger partial charge in [-0.15, -0.1) is 0 Å². The van der Waals surface area contributed by atoms with Crippen LogP contribution in [-0.2, 0) is 19.4 Å². The Morgan fingerprint density at radius 2 is 1.62 bits per heavy atom. The summed E-state index contributed by atoms with van der Waals surface area (Å²) in [5, 5.41) is 11.4. The summed E-state index contributed by atoms with van der Waals surface area (Å²) in [5.41, 5.74) is 4.18. The summed E-state index contributed by atoms with van der Waals surface area (Å²) in [5.74, 6) is 1.48. The Kier molecular flexibility index (Phi) is 8.66. The zero-order valence-corrected chi connectivity index (χ0v) is 25.4. The number of carbonyl (C=O) groups excluding carboxylic acids is 1. The van der Waals surface area contributed by atoms with Crippen LogP contribution in [0, 0.1) is 0 Å². The van der Waals surface area contributed by atoms with Crippen LogP contribution in [0.1, 0.15) is 38.7 Å². The molecule has 5 rings (SSSR count). The predicted molar refractivity (Wildman–Crippen MR) is 161 cm³/mol. The van der Waals surface area contributed by atoms with E-state index in [1.165, 1.54) is 7.11 Å². The maximum Gasteiger partial charge on any atom is 0.254 e. The Morgan fingerprint density at radius 3 is 2.30 bits per heavy atom. The van der Waals surface area contributed by atoms with Crippen LogP contribution in [0.15, 0.2) is 87.8 Å². The average molecular weight is 667 g/mol. The summed E-state index contributed by atoms with van der Waals surface area (Å²) in [6.45, 7) is 0.871. The van der Waals surface area contributed by atoms with Gasteiger partial charge in [0.2, 0.25) is 0 Å². The molecule has 4 aromatic rings. The van der Waals surface area contributed by atoms with E-state index < -0.39 is 6.04 Å². The molecule has 0 bridgehead atoms. The van der Waals surface area contributed by atoms with Crippen LogP contribution in [0.3, 0.4) is 0 Å². The van der Waals surface area contributed by atoms with E-state index in [0.29, 0.717) is 54.4 Å². The number of phenolic OH excluding ortho intramolecular Hbond substituents is 1. The van der Waals surface area contributed by atoms with Gasteiger partial charge in [0.1, 0.15) is 6.61 Å². The highest BCUT2D eigenvalue weighted by Crippen LogP contribution is 2.48. The maximum atomic E-state index is 13.8. The van der Waals surface area contributed by atoms with Crippen molar-refractivity contribution in [2.75, 3.05) is 20.8 Å². The molecule has 40 heavy (non-hydrogen) atoms. The third-order valence-corrected chi connectivity index (χ3v) is 8.75. The number of halogens is 2. The molecule has 206 valence electrons. The number of hydrogen-bond donors (Lipinski definition) is 1. The minimum absolute atomic E-state index is 0.0430. The van der Waals surface area contributed by atoms with Gasteiger partial charge in [0.15, 0.2) is 23.0 Å². The van der Waals surface area contributed by atoms with Crippen LogP contribution in [0.4, 0.5) is 0 Å². The lowest BCUT2D eigenvalue weighted by atomic mass is 9.87. The molecule has 0 aromatic heterocycles. The van der Waals surface area contributed by atoms with Crippen LogP contribution in [0.5, 0.6) is 23.0 Å². The maximum absolute atomic E-state index is 13.8. The van der Waals surface area contributed by atoms with Crippen LogP contribution >= 0.6 is 31.9 Å². The first-order valence-corrected chi connectivity index (χ1v) is 14.5. The lowest BCUT2D eigenvalue weighted by Crippen LogP contribution is -2.41. The first-order chi connectivity index (χ1) is 19.4. The molecule has 1 heterocycles. The van der Waals surface area contributed by atoms with E-state index >= 15 is 0 Å². The Morgan fingerprint density at radius 1 is 0.950 bits per heavy atom. The molecule has 8 heteroatoms. The number of rotatable bonds is 8. The summed E-state index contributed by atoms with van der Waals surface area (Å²) in [6, 6.07) is 24.3. The first-order valence-electron chi connectivity index (χ1n) is 12.9. The van der Waals surface area contributed by atoms with Crippen molar-refractivity contribution < 1.29 is 24.1 Å². The molecule has 1 unspecified atom stereocenters. The minimum Gasteiger partial charge on any atom is -0.504 e. The van der Waals surface area contributed by atoms with Gasteiger partial charge >= 0.3 is 0 Å². The molecule has 0 radical (unpaired) electrons. The second-order valence-electron chi connectivity index (χ2n) is 9.48. The smallest absolute Gasteiger partial charge is 0.254 e. The van der Waals surface area contributed by atoms with Crippen LogP contribution in [0.2, 0.25) is 0 Å². The molecule has 0 saturated carbocycles. The fraction of sp³-hybridized carbons (Fsp3) is 0.219. The highest BCUT2D eigenvalue weighted by Gasteiger charge is 2.36. The molecule has 1 N–H and O–H groups in total. The molecule has 0 fully saturated rings. The molecule has 0 aliphatic carbocycles. The largest absolute Gasteiger partial charge is 0.504 e. The minimum atomic E-state index is -0.463. The van der Waals surface area contributed by atoms with Gasteiger partial charge in [-0.05, 0) is 69.7 Å². The van der Waals surface area contributed by atoms with E-state index in [1.54, 1.807) is 13.2 Å². The van der Waals surface area contributed by atoms with Crippen molar-refractivity contribution in [3.63, 3.8) is 0 Å². The Labute approximate surface area is 250 Å².